The molecule has 2 rings (SSSR count). The SMILES string of the molecule is CCc1c(C(=O)NC2CCCCC2O)[nH]c(C)c1C(C)=O. The molecule has 0 bridgehead atoms. The van der Waals surface area contributed by atoms with Crippen molar-refractivity contribution in [3.63, 3.8) is 0 Å². The molecule has 1 heterocycles. The molecular weight excluding hydrogens is 268 g/mol. The van der Waals surface area contributed by atoms with Crippen LogP contribution >= 0.6 is 0 Å². The third kappa shape index (κ3) is 3.18. The van der Waals surface area contributed by atoms with Gasteiger partial charge in [-0.1, -0.05) is 19.8 Å². The maximum Gasteiger partial charge on any atom is 0.268 e. The maximum absolute atomic E-state index is 12.5. The van der Waals surface area contributed by atoms with Crippen LogP contribution in [-0.4, -0.2) is 33.9 Å². The minimum Gasteiger partial charge on any atom is -0.391 e. The van der Waals surface area contributed by atoms with Crippen molar-refractivity contribution in [3.8, 4) is 0 Å². The highest BCUT2D eigenvalue weighted by molar-refractivity contribution is 6.02. The van der Waals surface area contributed by atoms with Gasteiger partial charge in [-0.3, -0.25) is 9.59 Å². The first-order valence-corrected chi connectivity index (χ1v) is 7.67. The zero-order valence-corrected chi connectivity index (χ0v) is 13.0. The van der Waals surface area contributed by atoms with Crippen LogP contribution in [0.4, 0.5) is 0 Å². The Bertz CT molecular complexity index is 548. The van der Waals surface area contributed by atoms with E-state index in [1.165, 1.54) is 6.92 Å². The van der Waals surface area contributed by atoms with E-state index < -0.39 is 6.10 Å². The number of hydrogen-bond donors (Lipinski definition) is 3. The Morgan fingerprint density at radius 1 is 1.33 bits per heavy atom. The molecule has 0 spiro atoms. The highest BCUT2D eigenvalue weighted by Gasteiger charge is 2.27. The van der Waals surface area contributed by atoms with Crippen molar-refractivity contribution in [2.75, 3.05) is 0 Å². The molecule has 0 radical (unpaired) electrons. The van der Waals surface area contributed by atoms with Gasteiger partial charge in [0.1, 0.15) is 5.69 Å². The molecule has 5 heteroatoms. The first-order valence-electron chi connectivity index (χ1n) is 7.67. The van der Waals surface area contributed by atoms with Crippen molar-refractivity contribution < 1.29 is 14.7 Å². The Hall–Kier alpha value is -1.62. The number of H-pyrrole nitrogens is 1. The molecule has 0 aliphatic heterocycles. The molecule has 1 aromatic rings. The van der Waals surface area contributed by atoms with Gasteiger partial charge in [0.2, 0.25) is 0 Å². The first-order chi connectivity index (χ1) is 9.95. The van der Waals surface area contributed by atoms with Gasteiger partial charge < -0.3 is 15.4 Å². The van der Waals surface area contributed by atoms with Crippen LogP contribution in [0.5, 0.6) is 0 Å². The van der Waals surface area contributed by atoms with Gasteiger partial charge in [-0.25, -0.2) is 0 Å². The Labute approximate surface area is 125 Å². The fourth-order valence-corrected chi connectivity index (χ4v) is 3.22. The molecule has 0 saturated heterocycles. The van der Waals surface area contributed by atoms with Crippen LogP contribution in [0.2, 0.25) is 0 Å². The second kappa shape index (κ2) is 6.43. The monoisotopic (exact) mass is 292 g/mol. The standard InChI is InChI=1S/C16H24N2O3/c1-4-11-14(10(3)19)9(2)17-15(11)16(21)18-12-7-5-6-8-13(12)20/h12-13,17,20H,4-8H2,1-3H3,(H,18,21). The molecule has 5 nitrogen and oxygen atoms in total. The Morgan fingerprint density at radius 3 is 2.57 bits per heavy atom. The number of amides is 1. The predicted molar refractivity (Wildman–Crippen MR) is 80.6 cm³/mol. The maximum atomic E-state index is 12.5. The molecule has 1 saturated carbocycles. The van der Waals surface area contributed by atoms with Crippen molar-refractivity contribution >= 4 is 11.7 Å². The number of ketones is 1. The summed E-state index contributed by atoms with van der Waals surface area (Å²) in [6.07, 6.45) is 3.70. The van der Waals surface area contributed by atoms with Gasteiger partial charge in [0, 0.05) is 11.3 Å². The first kappa shape index (κ1) is 15.8. The summed E-state index contributed by atoms with van der Waals surface area (Å²) in [6, 6.07) is -0.194. The van der Waals surface area contributed by atoms with E-state index in [1.54, 1.807) is 0 Å². The van der Waals surface area contributed by atoms with Crippen LogP contribution in [0.3, 0.4) is 0 Å². The summed E-state index contributed by atoms with van der Waals surface area (Å²) in [7, 11) is 0. The lowest BCUT2D eigenvalue weighted by atomic mass is 9.92. The molecule has 1 aromatic heterocycles. The average Bonchev–Trinajstić information content (AvgIpc) is 2.78. The number of carbonyl (C=O) groups excluding carboxylic acids is 2. The Morgan fingerprint density at radius 2 is 2.00 bits per heavy atom. The van der Waals surface area contributed by atoms with Gasteiger partial charge in [-0.2, -0.15) is 0 Å². The average molecular weight is 292 g/mol. The third-order valence-electron chi connectivity index (χ3n) is 4.27. The van der Waals surface area contributed by atoms with Gasteiger partial charge in [0.25, 0.3) is 5.91 Å². The second-order valence-corrected chi connectivity index (χ2v) is 5.82. The van der Waals surface area contributed by atoms with Crippen LogP contribution in [0.15, 0.2) is 0 Å². The van der Waals surface area contributed by atoms with E-state index >= 15 is 0 Å². The highest BCUT2D eigenvalue weighted by atomic mass is 16.3. The normalized spacial score (nSPS) is 22.1. The van der Waals surface area contributed by atoms with E-state index in [2.05, 4.69) is 10.3 Å². The summed E-state index contributed by atoms with van der Waals surface area (Å²) < 4.78 is 0. The van der Waals surface area contributed by atoms with E-state index in [-0.39, 0.29) is 17.7 Å². The summed E-state index contributed by atoms with van der Waals surface area (Å²) >= 11 is 0. The minimum absolute atomic E-state index is 0.0302. The lowest BCUT2D eigenvalue weighted by Gasteiger charge is -2.28. The molecule has 2 unspecified atom stereocenters. The lowest BCUT2D eigenvalue weighted by Crippen LogP contribution is -2.45. The molecule has 3 N–H and O–H groups in total. The lowest BCUT2D eigenvalue weighted by molar-refractivity contribution is 0.0713. The summed E-state index contributed by atoms with van der Waals surface area (Å²) in [5, 5.41) is 12.9. The number of Topliss-reactive ketones (excluding diaryl/α,β-unsaturated/α-hetero) is 1. The largest absolute Gasteiger partial charge is 0.391 e. The van der Waals surface area contributed by atoms with Crippen LogP contribution in [0, 0.1) is 6.92 Å². The van der Waals surface area contributed by atoms with Crippen LogP contribution < -0.4 is 5.32 Å². The van der Waals surface area contributed by atoms with E-state index in [0.717, 1.165) is 36.9 Å². The number of carbonyl (C=O) groups is 2. The fraction of sp³-hybridized carbons (Fsp3) is 0.625. The molecule has 1 amide bonds. The summed E-state index contributed by atoms with van der Waals surface area (Å²) in [4.78, 5) is 27.2. The van der Waals surface area contributed by atoms with Gasteiger partial charge in [-0.05, 0) is 38.7 Å². The van der Waals surface area contributed by atoms with Crippen molar-refractivity contribution in [1.82, 2.24) is 10.3 Å². The quantitative estimate of drug-likeness (QED) is 0.743. The van der Waals surface area contributed by atoms with Crippen LogP contribution in [0.25, 0.3) is 0 Å². The molecule has 1 aliphatic rings. The van der Waals surface area contributed by atoms with Crippen molar-refractivity contribution in [1.29, 1.82) is 0 Å². The predicted octanol–water partition coefficient (Wildman–Crippen LogP) is 2.12. The van der Waals surface area contributed by atoms with Gasteiger partial charge in [0.05, 0.1) is 12.1 Å². The van der Waals surface area contributed by atoms with Crippen LogP contribution in [-0.2, 0) is 6.42 Å². The Kier molecular flexibility index (Phi) is 4.83. The van der Waals surface area contributed by atoms with E-state index in [1.807, 2.05) is 13.8 Å². The van der Waals surface area contributed by atoms with Gasteiger partial charge in [-0.15, -0.1) is 0 Å². The summed E-state index contributed by atoms with van der Waals surface area (Å²) in [6.45, 7) is 5.26. The van der Waals surface area contributed by atoms with Crippen LogP contribution in [0.1, 0.15) is 71.6 Å². The zero-order chi connectivity index (χ0) is 15.6. The summed E-state index contributed by atoms with van der Waals surface area (Å²) in [5.41, 5.74) is 2.57. The highest BCUT2D eigenvalue weighted by Crippen LogP contribution is 2.22. The molecule has 1 fully saturated rings. The van der Waals surface area contributed by atoms with Crippen molar-refractivity contribution in [2.45, 2.75) is 65.0 Å². The topological polar surface area (TPSA) is 82.2 Å². The number of rotatable bonds is 4. The molecule has 116 valence electrons. The number of aromatic amines is 1. The smallest absolute Gasteiger partial charge is 0.268 e. The van der Waals surface area contributed by atoms with Crippen molar-refractivity contribution in [3.05, 3.63) is 22.5 Å². The van der Waals surface area contributed by atoms with E-state index in [9.17, 15) is 14.7 Å². The number of hydrogen-bond acceptors (Lipinski definition) is 3. The van der Waals surface area contributed by atoms with E-state index in [4.69, 9.17) is 0 Å². The number of aliphatic hydroxyl groups excluding tert-OH is 1. The number of aliphatic hydroxyl groups is 1. The molecular formula is C16H24N2O3. The van der Waals surface area contributed by atoms with E-state index in [0.29, 0.717) is 17.7 Å². The van der Waals surface area contributed by atoms with Gasteiger partial charge in [0.15, 0.2) is 5.78 Å². The Balaban J connectivity index is 2.23. The minimum atomic E-state index is -0.476. The second-order valence-electron chi connectivity index (χ2n) is 5.82. The number of aromatic nitrogens is 1. The molecule has 1 aliphatic carbocycles. The summed E-state index contributed by atoms with van der Waals surface area (Å²) in [5.74, 6) is -0.259. The van der Waals surface area contributed by atoms with Gasteiger partial charge >= 0.3 is 0 Å². The zero-order valence-electron chi connectivity index (χ0n) is 13.0. The number of nitrogens with one attached hydrogen (secondary N) is 2. The fourth-order valence-electron chi connectivity index (χ4n) is 3.22. The van der Waals surface area contributed by atoms with Crippen molar-refractivity contribution in [2.24, 2.45) is 0 Å². The molecule has 0 aromatic carbocycles. The third-order valence-corrected chi connectivity index (χ3v) is 4.27. The molecule has 2 atom stereocenters. The molecule has 21 heavy (non-hydrogen) atoms. The number of aryl methyl sites for hydroxylation is 1.